The van der Waals surface area contributed by atoms with Crippen molar-refractivity contribution in [3.63, 3.8) is 0 Å². The van der Waals surface area contributed by atoms with Crippen LogP contribution in [-0.4, -0.2) is 39.5 Å². The van der Waals surface area contributed by atoms with Gasteiger partial charge in [0.05, 0.1) is 11.6 Å². The Morgan fingerprint density at radius 1 is 1.36 bits per heavy atom. The van der Waals surface area contributed by atoms with Gasteiger partial charge >= 0.3 is 6.09 Å². The summed E-state index contributed by atoms with van der Waals surface area (Å²) in [6.07, 6.45) is 0.641. The van der Waals surface area contributed by atoms with Crippen LogP contribution in [0.4, 0.5) is 4.79 Å². The van der Waals surface area contributed by atoms with Crippen molar-refractivity contribution in [3.8, 4) is 0 Å². The molecule has 118 valence electrons. The van der Waals surface area contributed by atoms with E-state index in [-0.39, 0.29) is 12.1 Å². The minimum Gasteiger partial charge on any atom is -0.444 e. The van der Waals surface area contributed by atoms with E-state index in [0.29, 0.717) is 13.1 Å². The number of hydrogen-bond donors (Lipinski definition) is 0. The van der Waals surface area contributed by atoms with Gasteiger partial charge in [-0.3, -0.25) is 4.68 Å². The Labute approximate surface area is 138 Å². The van der Waals surface area contributed by atoms with Crippen molar-refractivity contribution in [1.29, 1.82) is 0 Å². The van der Waals surface area contributed by atoms with E-state index in [4.69, 9.17) is 4.74 Å². The number of amides is 1. The molecule has 1 amide bonds. The zero-order chi connectivity index (χ0) is 15.9. The van der Waals surface area contributed by atoms with Gasteiger partial charge in [0, 0.05) is 18.5 Å². The molecule has 0 radical (unpaired) electrons. The zero-order valence-corrected chi connectivity index (χ0v) is 14.6. The third-order valence-corrected chi connectivity index (χ3v) is 4.32. The Bertz CT molecular complexity index is 705. The van der Waals surface area contributed by atoms with Crippen LogP contribution in [0, 0.1) is 0 Å². The fraction of sp³-hybridized carbons (Fsp3) is 0.500. The first-order valence-corrected chi connectivity index (χ1v) is 8.25. The molecular weight excluding hydrogens is 346 g/mol. The smallest absolute Gasteiger partial charge is 0.410 e. The molecular formula is C16H20BrN3O2. The Morgan fingerprint density at radius 3 is 2.82 bits per heavy atom. The van der Waals surface area contributed by atoms with Crippen LogP contribution >= 0.6 is 15.9 Å². The summed E-state index contributed by atoms with van der Waals surface area (Å²) in [5, 5.41) is 5.69. The molecule has 2 aromatic rings. The molecule has 0 aliphatic carbocycles. The van der Waals surface area contributed by atoms with Crippen LogP contribution in [0.15, 0.2) is 28.9 Å². The Hall–Kier alpha value is -1.56. The lowest BCUT2D eigenvalue weighted by Crippen LogP contribution is -2.35. The summed E-state index contributed by atoms with van der Waals surface area (Å²) in [5.74, 6) is 0. The summed E-state index contributed by atoms with van der Waals surface area (Å²) in [4.78, 5) is 13.9. The molecule has 1 aromatic carbocycles. The minimum absolute atomic E-state index is 0.184. The molecule has 1 saturated heterocycles. The molecule has 1 atom stereocenters. The van der Waals surface area contributed by atoms with Crippen LogP contribution in [0.5, 0.6) is 0 Å². The van der Waals surface area contributed by atoms with Crippen molar-refractivity contribution < 1.29 is 9.53 Å². The van der Waals surface area contributed by atoms with Crippen LogP contribution in [0.3, 0.4) is 0 Å². The minimum atomic E-state index is -0.462. The van der Waals surface area contributed by atoms with Crippen LogP contribution < -0.4 is 0 Å². The second kappa shape index (κ2) is 5.57. The van der Waals surface area contributed by atoms with Gasteiger partial charge < -0.3 is 9.64 Å². The van der Waals surface area contributed by atoms with Gasteiger partial charge in [-0.2, -0.15) is 5.10 Å². The van der Waals surface area contributed by atoms with Gasteiger partial charge in [-0.1, -0.05) is 18.2 Å². The van der Waals surface area contributed by atoms with E-state index >= 15 is 0 Å². The average Bonchev–Trinajstić information content (AvgIpc) is 3.03. The SMILES string of the molecule is CC(C)(C)OC(=O)N1CC[C@H](n2nc(Br)c3ccccc32)C1. The van der Waals surface area contributed by atoms with Gasteiger partial charge in [-0.05, 0) is 49.2 Å². The second-order valence-electron chi connectivity index (χ2n) is 6.62. The van der Waals surface area contributed by atoms with E-state index in [0.717, 1.165) is 21.9 Å². The quantitative estimate of drug-likeness (QED) is 0.767. The van der Waals surface area contributed by atoms with Crippen molar-refractivity contribution in [1.82, 2.24) is 14.7 Å². The molecule has 3 rings (SSSR count). The average molecular weight is 366 g/mol. The molecule has 22 heavy (non-hydrogen) atoms. The number of carbonyl (C=O) groups is 1. The third kappa shape index (κ3) is 2.97. The van der Waals surface area contributed by atoms with E-state index in [9.17, 15) is 4.79 Å². The van der Waals surface area contributed by atoms with Gasteiger partial charge in [0.15, 0.2) is 0 Å². The van der Waals surface area contributed by atoms with Crippen LogP contribution in [0.2, 0.25) is 0 Å². The maximum Gasteiger partial charge on any atom is 0.410 e. The number of carbonyl (C=O) groups excluding carboxylic acids is 1. The highest BCUT2D eigenvalue weighted by molar-refractivity contribution is 9.10. The normalized spacial score (nSPS) is 18.9. The molecule has 0 N–H and O–H groups in total. The summed E-state index contributed by atoms with van der Waals surface area (Å²) in [5.41, 5.74) is 0.627. The van der Waals surface area contributed by atoms with Crippen molar-refractivity contribution in [2.75, 3.05) is 13.1 Å². The van der Waals surface area contributed by atoms with E-state index in [2.05, 4.69) is 27.1 Å². The predicted molar refractivity (Wildman–Crippen MR) is 88.9 cm³/mol. The first-order valence-electron chi connectivity index (χ1n) is 7.46. The van der Waals surface area contributed by atoms with Crippen molar-refractivity contribution >= 4 is 32.9 Å². The molecule has 1 aliphatic rings. The van der Waals surface area contributed by atoms with Crippen LogP contribution in [0.1, 0.15) is 33.2 Å². The van der Waals surface area contributed by atoms with Gasteiger partial charge in [0.2, 0.25) is 0 Å². The molecule has 0 unspecified atom stereocenters. The number of fused-ring (bicyclic) bond motifs is 1. The fourth-order valence-electron chi connectivity index (χ4n) is 2.76. The summed E-state index contributed by atoms with van der Waals surface area (Å²) in [6, 6.07) is 8.30. The summed E-state index contributed by atoms with van der Waals surface area (Å²) in [7, 11) is 0. The number of likely N-dealkylation sites (tertiary alicyclic amines) is 1. The van der Waals surface area contributed by atoms with Gasteiger partial charge in [-0.15, -0.1) is 0 Å². The molecule has 1 aliphatic heterocycles. The Kier molecular flexibility index (Phi) is 3.89. The highest BCUT2D eigenvalue weighted by Gasteiger charge is 2.31. The van der Waals surface area contributed by atoms with Crippen LogP contribution in [0.25, 0.3) is 10.9 Å². The molecule has 0 bridgehead atoms. The van der Waals surface area contributed by atoms with E-state index in [1.165, 1.54) is 0 Å². The molecule has 0 spiro atoms. The molecule has 1 fully saturated rings. The monoisotopic (exact) mass is 365 g/mol. The van der Waals surface area contributed by atoms with E-state index in [1.807, 2.05) is 43.7 Å². The maximum atomic E-state index is 12.2. The lowest BCUT2D eigenvalue weighted by atomic mass is 10.2. The Morgan fingerprint density at radius 2 is 2.09 bits per heavy atom. The predicted octanol–water partition coefficient (Wildman–Crippen LogP) is 3.98. The van der Waals surface area contributed by atoms with Gasteiger partial charge in [0.25, 0.3) is 0 Å². The number of benzene rings is 1. The molecule has 6 heteroatoms. The zero-order valence-electron chi connectivity index (χ0n) is 13.0. The number of ether oxygens (including phenoxy) is 1. The number of para-hydroxylation sites is 1. The van der Waals surface area contributed by atoms with E-state index < -0.39 is 5.60 Å². The topological polar surface area (TPSA) is 47.4 Å². The maximum absolute atomic E-state index is 12.2. The first kappa shape index (κ1) is 15.3. The van der Waals surface area contributed by atoms with Gasteiger partial charge in [-0.25, -0.2) is 4.79 Å². The molecule has 2 heterocycles. The summed E-state index contributed by atoms with van der Waals surface area (Å²) >= 11 is 3.51. The number of hydrogen-bond acceptors (Lipinski definition) is 3. The summed E-state index contributed by atoms with van der Waals surface area (Å²) < 4.78 is 8.31. The first-order chi connectivity index (χ1) is 10.3. The molecule has 1 aromatic heterocycles. The highest BCUT2D eigenvalue weighted by atomic mass is 79.9. The van der Waals surface area contributed by atoms with Crippen molar-refractivity contribution in [2.45, 2.75) is 38.8 Å². The lowest BCUT2D eigenvalue weighted by molar-refractivity contribution is 0.0288. The molecule has 0 saturated carbocycles. The van der Waals surface area contributed by atoms with Crippen LogP contribution in [-0.2, 0) is 4.74 Å². The molecule has 5 nitrogen and oxygen atoms in total. The Balaban J connectivity index is 1.79. The largest absolute Gasteiger partial charge is 0.444 e. The number of halogens is 1. The highest BCUT2D eigenvalue weighted by Crippen LogP contribution is 2.30. The second-order valence-corrected chi connectivity index (χ2v) is 7.37. The number of rotatable bonds is 1. The lowest BCUT2D eigenvalue weighted by Gasteiger charge is -2.24. The van der Waals surface area contributed by atoms with Crippen molar-refractivity contribution in [3.05, 3.63) is 28.9 Å². The number of nitrogens with zero attached hydrogens (tertiary/aromatic N) is 3. The summed E-state index contributed by atoms with van der Waals surface area (Å²) in [6.45, 7) is 6.99. The van der Waals surface area contributed by atoms with Gasteiger partial charge in [0.1, 0.15) is 10.2 Å². The van der Waals surface area contributed by atoms with E-state index in [1.54, 1.807) is 4.90 Å². The fourth-order valence-corrected chi connectivity index (χ4v) is 3.27. The van der Waals surface area contributed by atoms with Crippen molar-refractivity contribution in [2.24, 2.45) is 0 Å². The number of aromatic nitrogens is 2. The standard InChI is InChI=1S/C16H20BrN3O2/c1-16(2,3)22-15(21)19-9-8-11(10-19)20-13-7-5-4-6-12(13)14(17)18-20/h4-7,11H,8-10H2,1-3H3/t11-/m0/s1. The third-order valence-electron chi connectivity index (χ3n) is 3.73.